The van der Waals surface area contributed by atoms with Gasteiger partial charge in [-0.2, -0.15) is 0 Å². The number of hydrogen-bond acceptors (Lipinski definition) is 2. The van der Waals surface area contributed by atoms with E-state index in [9.17, 15) is 9.18 Å². The van der Waals surface area contributed by atoms with Crippen LogP contribution < -0.4 is 0 Å². The Bertz CT molecular complexity index is 433. The van der Waals surface area contributed by atoms with Crippen LogP contribution in [0.15, 0.2) is 22.7 Å². The predicted octanol–water partition coefficient (Wildman–Crippen LogP) is 2.49. The second-order valence-electron chi connectivity index (χ2n) is 4.41. The Morgan fingerprint density at radius 3 is 2.82 bits per heavy atom. The van der Waals surface area contributed by atoms with Crippen LogP contribution in [0.3, 0.4) is 0 Å². The third kappa shape index (κ3) is 3.26. The van der Waals surface area contributed by atoms with E-state index >= 15 is 0 Å². The summed E-state index contributed by atoms with van der Waals surface area (Å²) in [6.45, 7) is 2.36. The summed E-state index contributed by atoms with van der Waals surface area (Å²) in [5, 5.41) is 8.63. The molecule has 0 aliphatic carbocycles. The molecule has 0 bridgehead atoms. The third-order valence-electron chi connectivity index (χ3n) is 2.89. The van der Waals surface area contributed by atoms with Crippen LogP contribution in [0.1, 0.15) is 12.0 Å². The molecular weight excluding hydrogens is 289 g/mol. The smallest absolute Gasteiger partial charge is 0.303 e. The molecule has 0 aromatic heterocycles. The summed E-state index contributed by atoms with van der Waals surface area (Å²) >= 11 is 3.15. The molecule has 17 heavy (non-hydrogen) atoms. The standard InChI is InChI=1S/C12H13BrFNO2/c13-10-3-8(1-2-11(10)14)5-15-6-9(7-15)4-12(16)17/h1-3,9H,4-7H2,(H,16,17). The lowest BCUT2D eigenvalue weighted by Crippen LogP contribution is -2.46. The lowest BCUT2D eigenvalue weighted by atomic mass is 9.96. The first kappa shape index (κ1) is 12.5. The van der Waals surface area contributed by atoms with Crippen LogP contribution in [0.4, 0.5) is 4.39 Å². The zero-order valence-corrected chi connectivity index (χ0v) is 10.8. The molecule has 1 fully saturated rings. The topological polar surface area (TPSA) is 40.5 Å². The van der Waals surface area contributed by atoms with Gasteiger partial charge in [0, 0.05) is 19.6 Å². The fraction of sp³-hybridized carbons (Fsp3) is 0.417. The van der Waals surface area contributed by atoms with Crippen molar-refractivity contribution in [2.75, 3.05) is 13.1 Å². The molecule has 1 aromatic rings. The summed E-state index contributed by atoms with van der Waals surface area (Å²) in [6.07, 6.45) is 0.240. The highest BCUT2D eigenvalue weighted by molar-refractivity contribution is 9.10. The SMILES string of the molecule is O=C(O)CC1CN(Cc2ccc(F)c(Br)c2)C1. The minimum atomic E-state index is -0.737. The number of aliphatic carboxylic acids is 1. The molecule has 1 aromatic carbocycles. The number of rotatable bonds is 4. The first-order valence-electron chi connectivity index (χ1n) is 5.42. The monoisotopic (exact) mass is 301 g/mol. The molecular formula is C12H13BrFNO2. The van der Waals surface area contributed by atoms with Crippen LogP contribution in [0.2, 0.25) is 0 Å². The average Bonchev–Trinajstić information content (AvgIpc) is 2.19. The largest absolute Gasteiger partial charge is 0.481 e. The van der Waals surface area contributed by atoms with Gasteiger partial charge in [-0.15, -0.1) is 0 Å². The number of hydrogen-bond donors (Lipinski definition) is 1. The van der Waals surface area contributed by atoms with Crippen LogP contribution >= 0.6 is 15.9 Å². The van der Waals surface area contributed by atoms with Crippen LogP contribution in [0, 0.1) is 11.7 Å². The van der Waals surface area contributed by atoms with E-state index < -0.39 is 5.97 Å². The van der Waals surface area contributed by atoms with Crippen molar-refractivity contribution in [2.24, 2.45) is 5.92 Å². The molecule has 5 heteroatoms. The number of likely N-dealkylation sites (tertiary alicyclic amines) is 1. The van der Waals surface area contributed by atoms with E-state index in [2.05, 4.69) is 20.8 Å². The molecule has 0 saturated carbocycles. The molecule has 1 aliphatic rings. The minimum Gasteiger partial charge on any atom is -0.481 e. The van der Waals surface area contributed by atoms with Crippen molar-refractivity contribution in [1.82, 2.24) is 4.90 Å². The number of carboxylic acids is 1. The van der Waals surface area contributed by atoms with Gasteiger partial charge in [0.1, 0.15) is 5.82 Å². The van der Waals surface area contributed by atoms with E-state index in [-0.39, 0.29) is 18.2 Å². The molecule has 0 amide bonds. The zero-order valence-electron chi connectivity index (χ0n) is 9.20. The molecule has 1 aliphatic heterocycles. The first-order valence-corrected chi connectivity index (χ1v) is 6.22. The lowest BCUT2D eigenvalue weighted by Gasteiger charge is -2.38. The second-order valence-corrected chi connectivity index (χ2v) is 5.26. The molecule has 1 saturated heterocycles. The number of carbonyl (C=O) groups is 1. The van der Waals surface area contributed by atoms with Crippen molar-refractivity contribution in [2.45, 2.75) is 13.0 Å². The van der Waals surface area contributed by atoms with Gasteiger partial charge < -0.3 is 5.11 Å². The van der Waals surface area contributed by atoms with Gasteiger partial charge in [0.2, 0.25) is 0 Å². The average molecular weight is 302 g/mol. The van der Waals surface area contributed by atoms with Gasteiger partial charge in [0.25, 0.3) is 0 Å². The normalized spacial score (nSPS) is 16.8. The summed E-state index contributed by atoms with van der Waals surface area (Å²) in [5.41, 5.74) is 1.03. The van der Waals surface area contributed by atoms with Crippen LogP contribution in [0.25, 0.3) is 0 Å². The molecule has 1 heterocycles. The summed E-state index contributed by atoms with van der Waals surface area (Å²) in [7, 11) is 0. The van der Waals surface area contributed by atoms with Crippen molar-refractivity contribution in [3.63, 3.8) is 0 Å². The Labute approximate surface area is 107 Å². The number of carboxylic acid groups (broad SMARTS) is 1. The maximum absolute atomic E-state index is 13.0. The molecule has 0 spiro atoms. The Morgan fingerprint density at radius 1 is 1.53 bits per heavy atom. The summed E-state index contributed by atoms with van der Waals surface area (Å²) < 4.78 is 13.5. The van der Waals surface area contributed by atoms with Gasteiger partial charge in [-0.1, -0.05) is 6.07 Å². The van der Waals surface area contributed by atoms with Crippen LogP contribution in [-0.4, -0.2) is 29.1 Å². The number of halogens is 2. The summed E-state index contributed by atoms with van der Waals surface area (Å²) in [4.78, 5) is 12.6. The maximum atomic E-state index is 13.0. The molecule has 0 radical (unpaired) electrons. The molecule has 92 valence electrons. The van der Waals surface area contributed by atoms with Gasteiger partial charge in [-0.05, 0) is 39.5 Å². The van der Waals surface area contributed by atoms with Gasteiger partial charge in [0.15, 0.2) is 0 Å². The van der Waals surface area contributed by atoms with Gasteiger partial charge in [0.05, 0.1) is 10.9 Å². The summed E-state index contributed by atoms with van der Waals surface area (Å²) in [5.74, 6) is -0.739. The van der Waals surface area contributed by atoms with E-state index in [1.54, 1.807) is 12.1 Å². The van der Waals surface area contributed by atoms with E-state index in [1.165, 1.54) is 6.07 Å². The minimum absolute atomic E-state index is 0.240. The highest BCUT2D eigenvalue weighted by atomic mass is 79.9. The third-order valence-corrected chi connectivity index (χ3v) is 3.49. The van der Waals surface area contributed by atoms with Crippen molar-refractivity contribution in [1.29, 1.82) is 0 Å². The fourth-order valence-electron chi connectivity index (χ4n) is 2.08. The fourth-order valence-corrected chi connectivity index (χ4v) is 2.50. The van der Waals surface area contributed by atoms with E-state index in [1.807, 2.05) is 0 Å². The van der Waals surface area contributed by atoms with Crippen molar-refractivity contribution in [3.05, 3.63) is 34.1 Å². The van der Waals surface area contributed by atoms with Crippen LogP contribution in [-0.2, 0) is 11.3 Å². The number of benzene rings is 1. The van der Waals surface area contributed by atoms with E-state index in [4.69, 9.17) is 5.11 Å². The Morgan fingerprint density at radius 2 is 2.24 bits per heavy atom. The molecule has 0 atom stereocenters. The number of nitrogens with zero attached hydrogens (tertiary/aromatic N) is 1. The maximum Gasteiger partial charge on any atom is 0.303 e. The second kappa shape index (κ2) is 5.14. The van der Waals surface area contributed by atoms with Crippen LogP contribution in [0.5, 0.6) is 0 Å². The van der Waals surface area contributed by atoms with Gasteiger partial charge in [-0.25, -0.2) is 4.39 Å². The van der Waals surface area contributed by atoms with Crippen molar-refractivity contribution >= 4 is 21.9 Å². The van der Waals surface area contributed by atoms with E-state index in [0.717, 1.165) is 25.2 Å². The lowest BCUT2D eigenvalue weighted by molar-refractivity contribution is -0.139. The first-order chi connectivity index (χ1) is 8.04. The predicted molar refractivity (Wildman–Crippen MR) is 65.1 cm³/mol. The quantitative estimate of drug-likeness (QED) is 0.929. The summed E-state index contributed by atoms with van der Waals surface area (Å²) in [6, 6.07) is 4.96. The molecule has 2 rings (SSSR count). The Hall–Kier alpha value is -0.940. The Kier molecular flexibility index (Phi) is 3.79. The Balaban J connectivity index is 1.83. The van der Waals surface area contributed by atoms with E-state index in [0.29, 0.717) is 4.47 Å². The highest BCUT2D eigenvalue weighted by Gasteiger charge is 2.28. The molecule has 0 unspecified atom stereocenters. The zero-order chi connectivity index (χ0) is 12.4. The molecule has 1 N–H and O–H groups in total. The van der Waals surface area contributed by atoms with Crippen molar-refractivity contribution < 1.29 is 14.3 Å². The van der Waals surface area contributed by atoms with Crippen molar-refractivity contribution in [3.8, 4) is 0 Å². The molecule has 3 nitrogen and oxygen atoms in total. The highest BCUT2D eigenvalue weighted by Crippen LogP contribution is 2.23. The van der Waals surface area contributed by atoms with Gasteiger partial charge >= 0.3 is 5.97 Å². The van der Waals surface area contributed by atoms with Gasteiger partial charge in [-0.3, -0.25) is 9.69 Å².